The molecule has 1 aromatic rings. The van der Waals surface area contributed by atoms with Crippen LogP contribution in [-0.2, 0) is 14.3 Å². The number of carbonyl (C=O) groups is 2. The van der Waals surface area contributed by atoms with Gasteiger partial charge in [0.25, 0.3) is 0 Å². The predicted octanol–water partition coefficient (Wildman–Crippen LogP) is 2.22. The summed E-state index contributed by atoms with van der Waals surface area (Å²) in [6.45, 7) is 5.80. The number of anilines is 1. The van der Waals surface area contributed by atoms with E-state index in [9.17, 15) is 9.59 Å². The zero-order valence-corrected chi connectivity index (χ0v) is 14.6. The van der Waals surface area contributed by atoms with Gasteiger partial charge in [0.1, 0.15) is 5.75 Å². The normalized spacial score (nSPS) is 18.0. The van der Waals surface area contributed by atoms with E-state index in [1.165, 1.54) is 0 Å². The van der Waals surface area contributed by atoms with Gasteiger partial charge in [-0.2, -0.15) is 0 Å². The first-order valence-corrected chi connectivity index (χ1v) is 8.37. The number of hydrogen-bond donors (Lipinski definition) is 1. The van der Waals surface area contributed by atoms with Crippen molar-refractivity contribution in [3.63, 3.8) is 0 Å². The number of esters is 1. The van der Waals surface area contributed by atoms with E-state index in [2.05, 4.69) is 5.32 Å². The Morgan fingerprint density at radius 1 is 1.38 bits per heavy atom. The summed E-state index contributed by atoms with van der Waals surface area (Å²) in [6.07, 6.45) is 1.72. The van der Waals surface area contributed by atoms with Crippen LogP contribution in [0.2, 0.25) is 0 Å². The molecule has 24 heavy (non-hydrogen) atoms. The van der Waals surface area contributed by atoms with E-state index in [-0.39, 0.29) is 24.3 Å². The number of methoxy groups -OCH3 is 1. The first-order chi connectivity index (χ1) is 11.5. The van der Waals surface area contributed by atoms with Crippen molar-refractivity contribution in [2.45, 2.75) is 26.7 Å². The molecule has 6 heteroatoms. The molecule has 1 aromatic carbocycles. The van der Waals surface area contributed by atoms with E-state index >= 15 is 0 Å². The van der Waals surface area contributed by atoms with Crippen LogP contribution >= 0.6 is 0 Å². The van der Waals surface area contributed by atoms with E-state index < -0.39 is 0 Å². The van der Waals surface area contributed by atoms with Crippen LogP contribution in [0, 0.1) is 12.8 Å². The summed E-state index contributed by atoms with van der Waals surface area (Å²) in [6, 6.07) is 5.65. The minimum atomic E-state index is -0.164. The van der Waals surface area contributed by atoms with Crippen molar-refractivity contribution in [1.82, 2.24) is 4.90 Å². The fourth-order valence-corrected chi connectivity index (χ4v) is 2.96. The van der Waals surface area contributed by atoms with Gasteiger partial charge in [0.15, 0.2) is 0 Å². The van der Waals surface area contributed by atoms with Crippen molar-refractivity contribution >= 4 is 17.6 Å². The zero-order chi connectivity index (χ0) is 17.5. The first-order valence-electron chi connectivity index (χ1n) is 8.37. The summed E-state index contributed by atoms with van der Waals surface area (Å²) in [5.74, 6) is 0.225. The molecule has 6 nitrogen and oxygen atoms in total. The molecule has 1 heterocycles. The lowest BCUT2D eigenvalue weighted by molar-refractivity contribution is -0.150. The van der Waals surface area contributed by atoms with Gasteiger partial charge in [-0.05, 0) is 50.9 Å². The van der Waals surface area contributed by atoms with Crippen molar-refractivity contribution in [1.29, 1.82) is 0 Å². The summed E-state index contributed by atoms with van der Waals surface area (Å²) in [5, 5.41) is 2.90. The summed E-state index contributed by atoms with van der Waals surface area (Å²) < 4.78 is 10.4. The van der Waals surface area contributed by atoms with Gasteiger partial charge in [-0.25, -0.2) is 0 Å². The molecule has 0 radical (unpaired) electrons. The van der Waals surface area contributed by atoms with Crippen LogP contribution in [0.25, 0.3) is 0 Å². The van der Waals surface area contributed by atoms with Gasteiger partial charge in [0.05, 0.1) is 31.9 Å². The smallest absolute Gasteiger partial charge is 0.310 e. The third-order valence-electron chi connectivity index (χ3n) is 4.12. The highest BCUT2D eigenvalue weighted by atomic mass is 16.5. The number of carbonyl (C=O) groups excluding carboxylic acids is 2. The highest BCUT2D eigenvalue weighted by molar-refractivity contribution is 5.93. The van der Waals surface area contributed by atoms with Crippen LogP contribution < -0.4 is 10.1 Å². The lowest BCUT2D eigenvalue weighted by Crippen LogP contribution is -2.43. The van der Waals surface area contributed by atoms with Crippen LogP contribution in [0.3, 0.4) is 0 Å². The van der Waals surface area contributed by atoms with Gasteiger partial charge in [-0.1, -0.05) is 6.07 Å². The van der Waals surface area contributed by atoms with E-state index in [0.717, 1.165) is 24.9 Å². The molecular weight excluding hydrogens is 308 g/mol. The number of rotatable bonds is 6. The third-order valence-corrected chi connectivity index (χ3v) is 4.12. The van der Waals surface area contributed by atoms with Gasteiger partial charge in [-0.15, -0.1) is 0 Å². The van der Waals surface area contributed by atoms with Crippen LogP contribution in [0.1, 0.15) is 25.3 Å². The lowest BCUT2D eigenvalue weighted by atomic mass is 9.98. The largest absolute Gasteiger partial charge is 0.495 e. The van der Waals surface area contributed by atoms with Gasteiger partial charge in [0.2, 0.25) is 5.91 Å². The predicted molar refractivity (Wildman–Crippen MR) is 92.2 cm³/mol. The summed E-state index contributed by atoms with van der Waals surface area (Å²) in [7, 11) is 1.58. The average molecular weight is 334 g/mol. The minimum Gasteiger partial charge on any atom is -0.495 e. The molecule has 0 aromatic heterocycles. The van der Waals surface area contributed by atoms with Crippen molar-refractivity contribution in [3.8, 4) is 5.75 Å². The maximum Gasteiger partial charge on any atom is 0.310 e. The number of piperidine rings is 1. The fraction of sp³-hybridized carbons (Fsp3) is 0.556. The second kappa shape index (κ2) is 8.68. The van der Waals surface area contributed by atoms with Crippen LogP contribution in [0.5, 0.6) is 5.75 Å². The molecule has 1 N–H and O–H groups in total. The topological polar surface area (TPSA) is 67.9 Å². The fourth-order valence-electron chi connectivity index (χ4n) is 2.96. The monoisotopic (exact) mass is 334 g/mol. The van der Waals surface area contributed by atoms with Crippen molar-refractivity contribution in [3.05, 3.63) is 23.8 Å². The van der Waals surface area contributed by atoms with Crippen LogP contribution in [0.4, 0.5) is 5.69 Å². The highest BCUT2D eigenvalue weighted by Gasteiger charge is 2.27. The number of nitrogens with zero attached hydrogens (tertiary/aromatic N) is 1. The molecule has 0 aliphatic carbocycles. The van der Waals surface area contributed by atoms with E-state index in [0.29, 0.717) is 24.6 Å². The Morgan fingerprint density at radius 2 is 2.17 bits per heavy atom. The lowest BCUT2D eigenvalue weighted by Gasteiger charge is -2.30. The Kier molecular flexibility index (Phi) is 6.61. The summed E-state index contributed by atoms with van der Waals surface area (Å²) in [5.41, 5.74) is 1.72. The van der Waals surface area contributed by atoms with Gasteiger partial charge >= 0.3 is 5.97 Å². The molecule has 0 spiro atoms. The van der Waals surface area contributed by atoms with Gasteiger partial charge < -0.3 is 14.8 Å². The van der Waals surface area contributed by atoms with Crippen LogP contribution in [0.15, 0.2) is 18.2 Å². The number of aryl methyl sites for hydroxylation is 1. The summed E-state index contributed by atoms with van der Waals surface area (Å²) >= 11 is 0. The maximum absolute atomic E-state index is 12.3. The first kappa shape index (κ1) is 18.3. The number of hydrogen-bond acceptors (Lipinski definition) is 5. The Bertz CT molecular complexity index is 588. The van der Waals surface area contributed by atoms with Crippen molar-refractivity contribution < 1.29 is 19.1 Å². The standard InChI is InChI=1S/C18H26N2O4/c1-4-24-18(22)14-6-5-9-20(11-14)12-17(21)19-15-10-13(2)7-8-16(15)23-3/h7-8,10,14H,4-6,9,11-12H2,1-3H3,(H,19,21). The molecule has 1 fully saturated rings. The quantitative estimate of drug-likeness (QED) is 0.808. The number of benzene rings is 1. The van der Waals surface area contributed by atoms with Crippen molar-refractivity contribution in [2.75, 3.05) is 38.7 Å². The van der Waals surface area contributed by atoms with E-state index in [1.54, 1.807) is 14.0 Å². The SMILES string of the molecule is CCOC(=O)C1CCCN(CC(=O)Nc2cc(C)ccc2OC)C1. The molecule has 1 amide bonds. The van der Waals surface area contributed by atoms with Crippen molar-refractivity contribution in [2.24, 2.45) is 5.92 Å². The molecule has 1 saturated heterocycles. The molecule has 132 valence electrons. The van der Waals surface area contributed by atoms with Crippen LogP contribution in [-0.4, -0.2) is 50.1 Å². The molecule has 1 atom stereocenters. The number of amides is 1. The number of likely N-dealkylation sites (tertiary alicyclic amines) is 1. The summed E-state index contributed by atoms with van der Waals surface area (Å²) in [4.78, 5) is 26.2. The second-order valence-electron chi connectivity index (χ2n) is 6.08. The molecule has 1 aliphatic heterocycles. The molecule has 0 saturated carbocycles. The van der Waals surface area contributed by atoms with Gasteiger partial charge in [-0.3, -0.25) is 14.5 Å². The number of nitrogens with one attached hydrogen (secondary N) is 1. The highest BCUT2D eigenvalue weighted by Crippen LogP contribution is 2.25. The molecule has 0 bridgehead atoms. The number of ether oxygens (including phenoxy) is 2. The zero-order valence-electron chi connectivity index (χ0n) is 14.6. The average Bonchev–Trinajstić information content (AvgIpc) is 2.55. The Balaban J connectivity index is 1.92. The Morgan fingerprint density at radius 3 is 2.88 bits per heavy atom. The van der Waals surface area contributed by atoms with Gasteiger partial charge in [0, 0.05) is 6.54 Å². The maximum atomic E-state index is 12.3. The Hall–Kier alpha value is -2.08. The Labute approximate surface area is 143 Å². The van der Waals surface area contributed by atoms with E-state index in [1.807, 2.05) is 30.0 Å². The molecule has 2 rings (SSSR count). The molecule has 1 unspecified atom stereocenters. The third kappa shape index (κ3) is 4.96. The minimum absolute atomic E-state index is 0.108. The second-order valence-corrected chi connectivity index (χ2v) is 6.08. The molecular formula is C18H26N2O4. The molecule has 1 aliphatic rings. The van der Waals surface area contributed by atoms with E-state index in [4.69, 9.17) is 9.47 Å².